The van der Waals surface area contributed by atoms with Crippen LogP contribution in [-0.4, -0.2) is 29.9 Å². The van der Waals surface area contributed by atoms with E-state index in [0.717, 1.165) is 4.47 Å². The number of hydrogen-bond donors (Lipinski definition) is 3. The molecule has 2 amide bonds. The summed E-state index contributed by atoms with van der Waals surface area (Å²) in [5.41, 5.74) is 2.71. The molecule has 1 aromatic carbocycles. The van der Waals surface area contributed by atoms with Crippen molar-refractivity contribution < 1.29 is 19.1 Å². The van der Waals surface area contributed by atoms with Crippen molar-refractivity contribution in [3.63, 3.8) is 0 Å². The Balaban J connectivity index is 2.40. The molecule has 1 aromatic heterocycles. The summed E-state index contributed by atoms with van der Waals surface area (Å²) in [6, 6.07) is 5.12. The number of carbonyl (C=O) groups is 3. The molecule has 0 radical (unpaired) electrons. The third kappa shape index (κ3) is 4.13. The summed E-state index contributed by atoms with van der Waals surface area (Å²) in [6.07, 6.45) is 0.548. The number of methoxy groups -OCH3 is 1. The van der Waals surface area contributed by atoms with Gasteiger partial charge in [-0.25, -0.2) is 4.79 Å². The van der Waals surface area contributed by atoms with Gasteiger partial charge in [-0.05, 0) is 37.1 Å². The van der Waals surface area contributed by atoms with E-state index < -0.39 is 11.9 Å². The zero-order valence-corrected chi connectivity index (χ0v) is 16.5. The number of halogens is 1. The fraction of sp³-hybridized carbons (Fsp3) is 0.278. The van der Waals surface area contributed by atoms with E-state index >= 15 is 0 Å². The number of H-pyrrole nitrogens is 1. The summed E-state index contributed by atoms with van der Waals surface area (Å²) in [6.45, 7) is 4.95. The Bertz CT molecular complexity index is 874. The molecule has 0 unspecified atom stereocenters. The number of ether oxygens (including phenoxy) is 1. The average Bonchev–Trinajstić information content (AvgIpc) is 2.93. The Hall–Kier alpha value is -2.61. The van der Waals surface area contributed by atoms with Gasteiger partial charge in [-0.15, -0.1) is 0 Å². The molecule has 0 aliphatic carbocycles. The number of esters is 1. The average molecular weight is 422 g/mol. The molecule has 2 aromatic rings. The van der Waals surface area contributed by atoms with Gasteiger partial charge in [-0.3, -0.25) is 9.59 Å². The predicted octanol–water partition coefficient (Wildman–Crippen LogP) is 3.65. The van der Waals surface area contributed by atoms with Crippen molar-refractivity contribution in [2.75, 3.05) is 17.7 Å². The van der Waals surface area contributed by atoms with Crippen molar-refractivity contribution in [2.24, 2.45) is 0 Å². The first-order chi connectivity index (χ1) is 12.3. The smallest absolute Gasteiger partial charge is 0.339 e. The highest BCUT2D eigenvalue weighted by Crippen LogP contribution is 2.28. The second kappa shape index (κ2) is 8.18. The van der Waals surface area contributed by atoms with Gasteiger partial charge in [-0.1, -0.05) is 22.9 Å². The number of nitrogens with one attached hydrogen (secondary N) is 3. The summed E-state index contributed by atoms with van der Waals surface area (Å²) >= 11 is 3.35. The topological polar surface area (TPSA) is 100 Å². The lowest BCUT2D eigenvalue weighted by atomic mass is 10.1. The van der Waals surface area contributed by atoms with E-state index in [9.17, 15) is 14.4 Å². The van der Waals surface area contributed by atoms with Crippen molar-refractivity contribution >= 4 is 45.1 Å². The van der Waals surface area contributed by atoms with Crippen LogP contribution in [-0.2, 0) is 16.0 Å². The van der Waals surface area contributed by atoms with Crippen molar-refractivity contribution in [3.05, 3.63) is 45.2 Å². The molecule has 0 aliphatic heterocycles. The van der Waals surface area contributed by atoms with Crippen molar-refractivity contribution in [1.82, 2.24) is 4.98 Å². The Morgan fingerprint density at radius 3 is 2.46 bits per heavy atom. The molecule has 0 aliphatic rings. The zero-order valence-electron chi connectivity index (χ0n) is 15.0. The van der Waals surface area contributed by atoms with E-state index in [2.05, 4.69) is 31.5 Å². The maximum Gasteiger partial charge on any atom is 0.339 e. The lowest BCUT2D eigenvalue weighted by molar-refractivity contribution is -0.114. The van der Waals surface area contributed by atoms with E-state index in [1.165, 1.54) is 14.0 Å². The number of aromatic amines is 1. The quantitative estimate of drug-likeness (QED) is 0.641. The predicted molar refractivity (Wildman–Crippen MR) is 103 cm³/mol. The summed E-state index contributed by atoms with van der Waals surface area (Å²) in [5, 5.41) is 5.44. The van der Waals surface area contributed by atoms with Crippen LogP contribution in [0.5, 0.6) is 0 Å². The molecule has 0 fully saturated rings. The van der Waals surface area contributed by atoms with E-state index in [1.807, 2.05) is 6.92 Å². The number of amides is 2. The van der Waals surface area contributed by atoms with Crippen LogP contribution in [0.3, 0.4) is 0 Å². The van der Waals surface area contributed by atoms with Crippen LogP contribution in [0.2, 0.25) is 0 Å². The van der Waals surface area contributed by atoms with E-state index in [-0.39, 0.29) is 11.6 Å². The van der Waals surface area contributed by atoms with Gasteiger partial charge < -0.3 is 20.4 Å². The Morgan fingerprint density at radius 1 is 1.19 bits per heavy atom. The highest BCUT2D eigenvalue weighted by Gasteiger charge is 2.24. The molecule has 1 heterocycles. The molecule has 26 heavy (non-hydrogen) atoms. The number of anilines is 2. The van der Waals surface area contributed by atoms with E-state index in [4.69, 9.17) is 4.74 Å². The highest BCUT2D eigenvalue weighted by molar-refractivity contribution is 9.10. The number of aryl methyl sites for hydroxylation is 1. The minimum atomic E-state index is -0.490. The molecule has 0 saturated heterocycles. The summed E-state index contributed by atoms with van der Waals surface area (Å²) in [4.78, 5) is 39.1. The van der Waals surface area contributed by atoms with Crippen LogP contribution in [0.25, 0.3) is 0 Å². The van der Waals surface area contributed by atoms with E-state index in [0.29, 0.717) is 34.6 Å². The molecule has 0 atom stereocenters. The van der Waals surface area contributed by atoms with Gasteiger partial charge in [0.15, 0.2) is 0 Å². The molecule has 3 N–H and O–H groups in total. The Kier molecular flexibility index (Phi) is 6.20. The largest absolute Gasteiger partial charge is 0.465 e. The Morgan fingerprint density at radius 2 is 1.88 bits per heavy atom. The second-order valence-electron chi connectivity index (χ2n) is 5.65. The molecule has 7 nitrogen and oxygen atoms in total. The lowest BCUT2D eigenvalue weighted by Gasteiger charge is -2.12. The van der Waals surface area contributed by atoms with Crippen LogP contribution in [0.4, 0.5) is 11.4 Å². The molecular weight excluding hydrogens is 402 g/mol. The molecule has 0 saturated carbocycles. The van der Waals surface area contributed by atoms with Crippen molar-refractivity contribution in [2.45, 2.75) is 27.2 Å². The summed E-state index contributed by atoms with van der Waals surface area (Å²) in [5.74, 6) is -1.16. The number of hydrogen-bond acceptors (Lipinski definition) is 4. The second-order valence-corrected chi connectivity index (χ2v) is 6.56. The van der Waals surface area contributed by atoms with Gasteiger partial charge in [-0.2, -0.15) is 0 Å². The first-order valence-corrected chi connectivity index (χ1v) is 8.76. The first kappa shape index (κ1) is 19.7. The van der Waals surface area contributed by atoms with Gasteiger partial charge in [0.1, 0.15) is 5.69 Å². The van der Waals surface area contributed by atoms with Crippen LogP contribution in [0.15, 0.2) is 22.7 Å². The van der Waals surface area contributed by atoms with Crippen LogP contribution < -0.4 is 10.6 Å². The number of rotatable bonds is 5. The maximum atomic E-state index is 12.8. The van der Waals surface area contributed by atoms with E-state index in [1.54, 1.807) is 25.1 Å². The van der Waals surface area contributed by atoms with Crippen molar-refractivity contribution in [1.29, 1.82) is 0 Å². The Labute approximate surface area is 159 Å². The van der Waals surface area contributed by atoms with Crippen LogP contribution in [0.1, 0.15) is 46.0 Å². The third-order valence-electron chi connectivity index (χ3n) is 3.84. The summed E-state index contributed by atoms with van der Waals surface area (Å²) < 4.78 is 5.55. The molecule has 0 spiro atoms. The van der Waals surface area contributed by atoms with Crippen molar-refractivity contribution in [3.8, 4) is 0 Å². The fourth-order valence-electron chi connectivity index (χ4n) is 2.63. The van der Waals surface area contributed by atoms with Gasteiger partial charge >= 0.3 is 5.97 Å². The first-order valence-electron chi connectivity index (χ1n) is 7.96. The highest BCUT2D eigenvalue weighted by atomic mass is 79.9. The molecule has 0 bridgehead atoms. The molecular formula is C18H20BrN3O4. The number of carbonyl (C=O) groups excluding carboxylic acids is 3. The van der Waals surface area contributed by atoms with Gasteiger partial charge in [0, 0.05) is 17.1 Å². The summed E-state index contributed by atoms with van der Waals surface area (Å²) in [7, 11) is 1.30. The number of aromatic nitrogens is 1. The normalized spacial score (nSPS) is 10.3. The molecule has 138 valence electrons. The minimum Gasteiger partial charge on any atom is -0.465 e. The minimum absolute atomic E-state index is 0.250. The molecule has 2 rings (SSSR count). The SMILES string of the molecule is CCc1[nH]c(C(=O)Nc2cc(Br)ccc2NC(C)=O)c(C)c1C(=O)OC. The fourth-order valence-corrected chi connectivity index (χ4v) is 2.99. The molecule has 8 heteroatoms. The maximum absolute atomic E-state index is 12.8. The standard InChI is InChI=1S/C18H20BrN3O4/c1-5-12-15(18(25)26-4)9(2)16(21-12)17(24)22-14-8-11(19)6-7-13(14)20-10(3)23/h6-8,21H,5H2,1-4H3,(H,20,23)(H,22,24). The zero-order chi connectivity index (χ0) is 19.4. The monoisotopic (exact) mass is 421 g/mol. The van der Waals surface area contributed by atoms with Gasteiger partial charge in [0.2, 0.25) is 5.91 Å². The van der Waals surface area contributed by atoms with Gasteiger partial charge in [0.05, 0.1) is 24.0 Å². The lowest BCUT2D eigenvalue weighted by Crippen LogP contribution is -2.16. The van der Waals surface area contributed by atoms with Gasteiger partial charge in [0.25, 0.3) is 5.91 Å². The number of benzene rings is 1. The third-order valence-corrected chi connectivity index (χ3v) is 4.33. The van der Waals surface area contributed by atoms with Crippen LogP contribution >= 0.6 is 15.9 Å². The van der Waals surface area contributed by atoms with Crippen LogP contribution in [0, 0.1) is 6.92 Å².